The summed E-state index contributed by atoms with van der Waals surface area (Å²) in [5.41, 5.74) is 0. The quantitative estimate of drug-likeness (QED) is 0.0723. The van der Waals surface area contributed by atoms with Crippen LogP contribution < -0.4 is 0 Å². The van der Waals surface area contributed by atoms with Crippen LogP contribution in [0.4, 0.5) is 0 Å². The molecule has 0 unspecified atom stereocenters. The molecule has 0 spiro atoms. The molecule has 644 valence electrons. The zero-order valence-electron chi connectivity index (χ0n) is 67.2. The Balaban J connectivity index is 1.11. The third-order valence-corrected chi connectivity index (χ3v) is 21.6. The summed E-state index contributed by atoms with van der Waals surface area (Å²) in [6.45, 7) is -0.841. The summed E-state index contributed by atoms with van der Waals surface area (Å²) < 4.78 is 244. The Kier molecular flexibility index (Phi) is 37.7. The van der Waals surface area contributed by atoms with Crippen LogP contribution in [-0.2, 0) is 180 Å². The van der Waals surface area contributed by atoms with Gasteiger partial charge in [-0.1, -0.05) is 0 Å². The summed E-state index contributed by atoms with van der Waals surface area (Å²) in [6.07, 6.45) is -46.1. The fourth-order valence-corrected chi connectivity index (χ4v) is 16.5. The van der Waals surface area contributed by atoms with E-state index in [0.717, 1.165) is 0 Å². The average Bonchev–Trinajstić information content (AvgIpc) is 0.764. The van der Waals surface area contributed by atoms with E-state index in [0.29, 0.717) is 0 Å². The highest BCUT2D eigenvalue weighted by Crippen LogP contribution is 2.44. The van der Waals surface area contributed by atoms with Crippen LogP contribution in [0.1, 0.15) is 0 Å². The lowest BCUT2D eigenvalue weighted by Gasteiger charge is -2.53. The summed E-state index contributed by atoms with van der Waals surface area (Å²) in [7, 11) is 32.4. The minimum absolute atomic E-state index is 0.0679. The maximum Gasteiger partial charge on any atom is 0.187 e. The van der Waals surface area contributed by atoms with E-state index >= 15 is 0 Å². The molecule has 30 heterocycles. The number of hydrogen-bond donors (Lipinski definition) is 2. The molecule has 2 N–H and O–H groups in total. The van der Waals surface area contributed by atoms with Gasteiger partial charge < -0.3 is 190 Å². The summed E-state index contributed by atoms with van der Waals surface area (Å²) in [4.78, 5) is 0. The van der Waals surface area contributed by atoms with Gasteiger partial charge in [-0.2, -0.15) is 0 Å². The molecule has 30 fully saturated rings. The van der Waals surface area contributed by atoms with Crippen molar-refractivity contribution < 1.29 is 190 Å². The predicted molar refractivity (Wildman–Crippen MR) is 366 cm³/mol. The molecule has 0 aliphatic carbocycles. The molecule has 0 radical (unpaired) electrons. The van der Waals surface area contributed by atoms with Crippen LogP contribution in [0.25, 0.3) is 0 Å². The lowest BCUT2D eigenvalue weighted by atomic mass is 9.94. The van der Waals surface area contributed by atoms with Gasteiger partial charge in [-0.05, 0) is 0 Å². The highest BCUT2D eigenvalue weighted by molar-refractivity contribution is 5.05. The molecule has 0 aromatic carbocycles. The van der Waals surface area contributed by atoms with Gasteiger partial charge in [-0.3, -0.25) is 0 Å². The highest BCUT2D eigenvalue weighted by Gasteiger charge is 2.63. The minimum atomic E-state index is -1.83. The van der Waals surface area contributed by atoms with Crippen molar-refractivity contribution in [3.8, 4) is 0 Å². The van der Waals surface area contributed by atoms with Crippen molar-refractivity contribution in [2.24, 2.45) is 0 Å². The molecular weight excluding hydrogens is 1480 g/mol. The van der Waals surface area contributed by atoms with Gasteiger partial charge >= 0.3 is 0 Å². The van der Waals surface area contributed by atoms with Gasteiger partial charge in [0.25, 0.3) is 0 Å². The lowest BCUT2D eigenvalue weighted by molar-refractivity contribution is -0.409. The first-order valence-corrected chi connectivity index (χ1v) is 36.6. The Bertz CT molecular complexity index is 2550. The first-order valence-electron chi connectivity index (χ1n) is 36.6. The Labute approximate surface area is 643 Å². The van der Waals surface area contributed by atoms with Crippen molar-refractivity contribution in [2.45, 2.75) is 246 Å². The summed E-state index contributed by atoms with van der Waals surface area (Å²) in [5.74, 6) is 0. The van der Waals surface area contributed by atoms with Crippen LogP contribution in [0, 0.1) is 0 Å². The molecular formula is C70H124O40. The van der Waals surface area contributed by atoms with Gasteiger partial charge in [0.15, 0.2) is 50.3 Å². The number of ether oxygens (including phenoxy) is 38. The maximum absolute atomic E-state index is 12.4. The van der Waals surface area contributed by atoms with Crippen molar-refractivity contribution in [3.05, 3.63) is 0 Å². The van der Waals surface area contributed by atoms with Gasteiger partial charge in [-0.25, -0.2) is 0 Å². The van der Waals surface area contributed by atoms with Crippen molar-refractivity contribution >= 4 is 0 Å². The molecule has 40 atom stereocenters. The molecule has 40 nitrogen and oxygen atoms in total. The predicted octanol–water partition coefficient (Wildman–Crippen LogP) is -3.02. The molecule has 0 saturated carbocycles. The number of methoxy groups -OCH3 is 22. The van der Waals surface area contributed by atoms with E-state index in [1.807, 2.05) is 0 Å². The van der Waals surface area contributed by atoms with Gasteiger partial charge in [-0.15, -0.1) is 0 Å². The highest BCUT2D eigenvalue weighted by atomic mass is 16.8. The first kappa shape index (κ1) is 92.3. The van der Waals surface area contributed by atoms with E-state index in [4.69, 9.17) is 180 Å². The van der Waals surface area contributed by atoms with Crippen molar-refractivity contribution in [1.29, 1.82) is 0 Å². The Hall–Kier alpha value is -1.60. The summed E-state index contributed by atoms with van der Waals surface area (Å²) >= 11 is 0. The van der Waals surface area contributed by atoms with E-state index in [1.165, 1.54) is 156 Å². The zero-order chi connectivity index (χ0) is 79.6. The molecule has 40 heteroatoms. The van der Waals surface area contributed by atoms with Gasteiger partial charge in [0.1, 0.15) is 195 Å². The second kappa shape index (κ2) is 45.0. The van der Waals surface area contributed by atoms with Gasteiger partial charge in [0.2, 0.25) is 0 Å². The summed E-state index contributed by atoms with van der Waals surface area (Å²) in [6, 6.07) is 0. The molecule has 30 aliphatic heterocycles. The summed E-state index contributed by atoms with van der Waals surface area (Å²) in [5, 5.41) is 24.7. The largest absolute Gasteiger partial charge is 0.387 e. The smallest absolute Gasteiger partial charge is 0.187 e. The number of hydrogen-bond acceptors (Lipinski definition) is 40. The van der Waals surface area contributed by atoms with E-state index in [-0.39, 0.29) is 52.9 Å². The molecule has 30 saturated heterocycles. The fraction of sp³-hybridized carbons (Fsp3) is 1.00. The Morgan fingerprint density at radius 3 is 0.427 bits per heavy atom. The Morgan fingerprint density at radius 2 is 0.282 bits per heavy atom. The van der Waals surface area contributed by atoms with Crippen LogP contribution in [0.3, 0.4) is 0 Å². The van der Waals surface area contributed by atoms with E-state index in [1.54, 1.807) is 0 Å². The van der Waals surface area contributed by atoms with Crippen LogP contribution in [0.15, 0.2) is 0 Å². The normalized spacial score (nSPS) is 46.7. The fourth-order valence-electron chi connectivity index (χ4n) is 16.5. The van der Waals surface area contributed by atoms with E-state index < -0.39 is 246 Å². The van der Waals surface area contributed by atoms with Crippen LogP contribution in [-0.4, -0.2) is 465 Å². The minimum Gasteiger partial charge on any atom is -0.387 e. The first-order chi connectivity index (χ1) is 53.4. The number of aliphatic hydroxyl groups is 2. The molecule has 110 heavy (non-hydrogen) atoms. The van der Waals surface area contributed by atoms with Crippen molar-refractivity contribution in [1.82, 2.24) is 0 Å². The number of aliphatic hydroxyl groups excluding tert-OH is 2. The topological polar surface area (TPSA) is 391 Å². The molecule has 16 bridgehead atoms. The van der Waals surface area contributed by atoms with E-state index in [2.05, 4.69) is 0 Å². The lowest BCUT2D eigenvalue weighted by Crippen LogP contribution is -2.70. The Morgan fingerprint density at radius 1 is 0.155 bits per heavy atom. The molecule has 30 rings (SSSR count). The second-order valence-corrected chi connectivity index (χ2v) is 27.6. The molecule has 30 aliphatic rings. The molecule has 0 aromatic rings. The van der Waals surface area contributed by atoms with Crippen LogP contribution >= 0.6 is 0 Å². The zero-order valence-corrected chi connectivity index (χ0v) is 67.2. The number of rotatable bonds is 30. The van der Waals surface area contributed by atoms with E-state index in [9.17, 15) is 10.2 Å². The third-order valence-electron chi connectivity index (χ3n) is 21.6. The maximum atomic E-state index is 12.4. The monoisotopic (exact) mass is 1600 g/mol. The van der Waals surface area contributed by atoms with Gasteiger partial charge in [0.05, 0.1) is 52.9 Å². The molecule has 0 aromatic heterocycles. The van der Waals surface area contributed by atoms with Crippen molar-refractivity contribution in [3.63, 3.8) is 0 Å². The third kappa shape index (κ3) is 20.1. The standard InChI is InChI=1S/C70H124O40/c1-73-23-31-41-39(71)40(72)63(95-31)104-42-32(24-74-2)97-65(57(89-17)49(42)81-9)106-44-34(26-76-4)99-67(59(91-19)51(44)83-11)108-46-36(28-78-6)101-69(61(93-21)53(46)85-13)110-48-38(30-80-8)102-70(62(94-22)55(48)87-15)109-47-37(29-79-7)100-68(60(92-20)54(47)86-14)107-45-35(27-77-5)98-66(58(90-18)52(45)84-12)105-43-33(25-75-3)96-64(103-41)56(88-16)50(43)82-10/h31-72H,23-30H2,1-22H3/t31-,32-,33-,34-,35-,36-,37-,38-,39-,40-,41-,42-,43-,44-,45-,46-,47-,48-,49+,50+,51+,52+,53+,54+,55+,56-,57-,58-,59-,60-,61-,62-,63-,64-,65-,66-,67-,68-,69-,70-/m1/s1. The van der Waals surface area contributed by atoms with Crippen LogP contribution in [0.2, 0.25) is 0 Å². The van der Waals surface area contributed by atoms with Gasteiger partial charge in [0, 0.05) is 156 Å². The average molecular weight is 1610 g/mol. The second-order valence-electron chi connectivity index (χ2n) is 27.6. The van der Waals surface area contributed by atoms with Crippen LogP contribution in [0.5, 0.6) is 0 Å². The SMILES string of the molecule is COC[C@H]1O[C@@H]2O[C@H]3[C@H](OC)[C@@H](OC)[C@@H](O[C@H]4[C@H](OC)[C@@H](OC)[C@@H](O[C@H]5[C@H](OC)[C@@H](OC)[C@@H](O[C@H]6[C@H](OC)[C@@H](OC)[C@@H](O[C@H]7[C@H](OC)[C@@H](OC)[C@@H](O[C@H]8[C@H](OC)[C@@H](OC)[C@@H](O[C@H]9[C@H](OC)[C@@H](OC)[C@@H](O[C@H]1[C@H](O)[C@H]2O)O[C@@H]9COC)O[C@@H]8COC)O[C@@H]7COC)O[C@@H]6COC)O[C@@H]5COC)O[C@@H]4COC)O[C@@H]3COC. The molecule has 0 amide bonds. The van der Waals surface area contributed by atoms with Crippen molar-refractivity contribution in [2.75, 3.05) is 209 Å².